The van der Waals surface area contributed by atoms with E-state index in [4.69, 9.17) is 0 Å². The van der Waals surface area contributed by atoms with Gasteiger partial charge in [-0.15, -0.1) is 0 Å². The number of hydrogen-bond acceptors (Lipinski definition) is 1. The molecule has 0 heterocycles. The summed E-state index contributed by atoms with van der Waals surface area (Å²) in [6, 6.07) is 14.8. The number of carbonyl (C=O) groups excluding carboxylic acids is 1. The Labute approximate surface area is 108 Å². The van der Waals surface area contributed by atoms with E-state index in [2.05, 4.69) is 44.2 Å². The second-order valence-electron chi connectivity index (χ2n) is 4.89. The zero-order valence-electron chi connectivity index (χ0n) is 11.2. The van der Waals surface area contributed by atoms with Crippen LogP contribution in [-0.4, -0.2) is 5.78 Å². The molecule has 0 aliphatic heterocycles. The first-order chi connectivity index (χ1) is 8.56. The molecule has 0 radical (unpaired) electrons. The molecule has 0 saturated carbocycles. The van der Waals surface area contributed by atoms with Crippen LogP contribution < -0.4 is 0 Å². The molecular weight excluding hydrogens is 220 g/mol. The standard InChI is InChI=1S/C17H18O/c1-12-4-5-13(2)17(10-12)16-8-6-15(7-9-16)11-14(3)18/h4-10H,11H2,1-3H3. The molecule has 0 fully saturated rings. The van der Waals surface area contributed by atoms with Gasteiger partial charge in [0.05, 0.1) is 0 Å². The summed E-state index contributed by atoms with van der Waals surface area (Å²) < 4.78 is 0. The molecule has 0 aromatic heterocycles. The Morgan fingerprint density at radius 1 is 1.00 bits per heavy atom. The minimum absolute atomic E-state index is 0.203. The van der Waals surface area contributed by atoms with Crippen molar-refractivity contribution in [2.75, 3.05) is 0 Å². The topological polar surface area (TPSA) is 17.1 Å². The van der Waals surface area contributed by atoms with Gasteiger partial charge in [0, 0.05) is 6.42 Å². The highest BCUT2D eigenvalue weighted by atomic mass is 16.1. The Bertz CT molecular complexity index is 565. The molecule has 0 unspecified atom stereocenters. The SMILES string of the molecule is CC(=O)Cc1ccc(-c2cc(C)ccc2C)cc1. The second-order valence-corrected chi connectivity index (χ2v) is 4.89. The number of Topliss-reactive ketones (excluding diaryl/α,β-unsaturated/α-hetero) is 1. The third kappa shape index (κ3) is 2.86. The van der Waals surface area contributed by atoms with Gasteiger partial charge in [0.1, 0.15) is 5.78 Å². The molecule has 1 heteroatoms. The summed E-state index contributed by atoms with van der Waals surface area (Å²) in [7, 11) is 0. The first-order valence-corrected chi connectivity index (χ1v) is 6.22. The summed E-state index contributed by atoms with van der Waals surface area (Å²) in [4.78, 5) is 11.1. The van der Waals surface area contributed by atoms with E-state index < -0.39 is 0 Å². The van der Waals surface area contributed by atoms with Crippen molar-refractivity contribution in [2.45, 2.75) is 27.2 Å². The van der Waals surface area contributed by atoms with Gasteiger partial charge in [0.2, 0.25) is 0 Å². The van der Waals surface area contributed by atoms with Crippen LogP contribution in [0.3, 0.4) is 0 Å². The maximum absolute atomic E-state index is 11.1. The molecule has 92 valence electrons. The smallest absolute Gasteiger partial charge is 0.134 e. The lowest BCUT2D eigenvalue weighted by molar-refractivity contribution is -0.116. The molecule has 1 nitrogen and oxygen atoms in total. The van der Waals surface area contributed by atoms with Crippen molar-refractivity contribution in [3.8, 4) is 11.1 Å². The Morgan fingerprint density at radius 3 is 2.28 bits per heavy atom. The van der Waals surface area contributed by atoms with Gasteiger partial charge in [-0.1, -0.05) is 48.0 Å². The number of benzene rings is 2. The van der Waals surface area contributed by atoms with Crippen molar-refractivity contribution >= 4 is 5.78 Å². The van der Waals surface area contributed by atoms with Gasteiger partial charge in [-0.05, 0) is 43.0 Å². The Balaban J connectivity index is 2.34. The highest BCUT2D eigenvalue weighted by molar-refractivity contribution is 5.78. The van der Waals surface area contributed by atoms with E-state index in [0.29, 0.717) is 6.42 Å². The number of hydrogen-bond donors (Lipinski definition) is 0. The van der Waals surface area contributed by atoms with Crippen molar-refractivity contribution in [3.05, 3.63) is 59.2 Å². The van der Waals surface area contributed by atoms with Crippen LogP contribution in [0.1, 0.15) is 23.6 Å². The summed E-state index contributed by atoms with van der Waals surface area (Å²) >= 11 is 0. The fourth-order valence-corrected chi connectivity index (χ4v) is 2.14. The highest BCUT2D eigenvalue weighted by Gasteiger charge is 2.03. The molecule has 0 atom stereocenters. The predicted octanol–water partition coefficient (Wildman–Crippen LogP) is 4.10. The van der Waals surface area contributed by atoms with Crippen molar-refractivity contribution < 1.29 is 4.79 Å². The second kappa shape index (κ2) is 5.18. The molecule has 0 saturated heterocycles. The van der Waals surface area contributed by atoms with Crippen molar-refractivity contribution in [1.29, 1.82) is 0 Å². The van der Waals surface area contributed by atoms with E-state index in [0.717, 1.165) is 5.56 Å². The van der Waals surface area contributed by atoms with Crippen LogP contribution in [0.2, 0.25) is 0 Å². The highest BCUT2D eigenvalue weighted by Crippen LogP contribution is 2.24. The van der Waals surface area contributed by atoms with Crippen molar-refractivity contribution in [3.63, 3.8) is 0 Å². The third-order valence-corrected chi connectivity index (χ3v) is 3.11. The van der Waals surface area contributed by atoms with E-state index in [1.807, 2.05) is 12.1 Å². The molecule has 0 aliphatic rings. The lowest BCUT2D eigenvalue weighted by atomic mass is 9.97. The van der Waals surface area contributed by atoms with E-state index in [1.165, 1.54) is 22.3 Å². The van der Waals surface area contributed by atoms with Gasteiger partial charge in [-0.2, -0.15) is 0 Å². The first kappa shape index (κ1) is 12.6. The molecule has 0 bridgehead atoms. The molecule has 0 N–H and O–H groups in total. The summed E-state index contributed by atoms with van der Waals surface area (Å²) in [6.07, 6.45) is 0.521. The summed E-state index contributed by atoms with van der Waals surface area (Å²) in [5, 5.41) is 0. The fourth-order valence-electron chi connectivity index (χ4n) is 2.14. The Morgan fingerprint density at radius 2 is 1.67 bits per heavy atom. The fraction of sp³-hybridized carbons (Fsp3) is 0.235. The van der Waals surface area contributed by atoms with Gasteiger partial charge in [-0.3, -0.25) is 4.79 Å². The molecule has 2 rings (SSSR count). The van der Waals surface area contributed by atoms with E-state index >= 15 is 0 Å². The number of aryl methyl sites for hydroxylation is 2. The van der Waals surface area contributed by atoms with E-state index in [9.17, 15) is 4.79 Å². The Kier molecular flexibility index (Phi) is 3.61. The minimum Gasteiger partial charge on any atom is -0.300 e. The van der Waals surface area contributed by atoms with Gasteiger partial charge < -0.3 is 0 Å². The van der Waals surface area contributed by atoms with Gasteiger partial charge >= 0.3 is 0 Å². The third-order valence-electron chi connectivity index (χ3n) is 3.11. The molecule has 0 amide bonds. The van der Waals surface area contributed by atoms with Crippen molar-refractivity contribution in [1.82, 2.24) is 0 Å². The summed E-state index contributed by atoms with van der Waals surface area (Å²) in [6.45, 7) is 5.85. The number of carbonyl (C=O) groups is 1. The average molecular weight is 238 g/mol. The lowest BCUT2D eigenvalue weighted by Gasteiger charge is -2.08. The molecule has 18 heavy (non-hydrogen) atoms. The maximum atomic E-state index is 11.1. The zero-order valence-corrected chi connectivity index (χ0v) is 11.2. The Hall–Kier alpha value is -1.89. The van der Waals surface area contributed by atoms with Crippen molar-refractivity contribution in [2.24, 2.45) is 0 Å². The first-order valence-electron chi connectivity index (χ1n) is 6.22. The maximum Gasteiger partial charge on any atom is 0.134 e. The van der Waals surface area contributed by atoms with Crippen LogP contribution in [0, 0.1) is 13.8 Å². The van der Waals surface area contributed by atoms with E-state index in [-0.39, 0.29) is 5.78 Å². The minimum atomic E-state index is 0.203. The number of rotatable bonds is 3. The largest absolute Gasteiger partial charge is 0.300 e. The van der Waals surface area contributed by atoms with Crippen LogP contribution in [0.5, 0.6) is 0 Å². The average Bonchev–Trinajstić information content (AvgIpc) is 2.33. The molecule has 2 aromatic carbocycles. The van der Waals surface area contributed by atoms with E-state index in [1.54, 1.807) is 6.92 Å². The van der Waals surface area contributed by atoms with Crippen LogP contribution in [-0.2, 0) is 11.2 Å². The lowest BCUT2D eigenvalue weighted by Crippen LogP contribution is -1.95. The summed E-state index contributed by atoms with van der Waals surface area (Å²) in [5.41, 5.74) is 6.10. The number of ketones is 1. The van der Waals surface area contributed by atoms with Crippen LogP contribution >= 0.6 is 0 Å². The summed E-state index contributed by atoms with van der Waals surface area (Å²) in [5.74, 6) is 0.203. The van der Waals surface area contributed by atoms with Gasteiger partial charge in [0.15, 0.2) is 0 Å². The van der Waals surface area contributed by atoms with Crippen LogP contribution in [0.25, 0.3) is 11.1 Å². The van der Waals surface area contributed by atoms with Gasteiger partial charge in [0.25, 0.3) is 0 Å². The van der Waals surface area contributed by atoms with Crippen LogP contribution in [0.15, 0.2) is 42.5 Å². The van der Waals surface area contributed by atoms with Crippen LogP contribution in [0.4, 0.5) is 0 Å². The molecule has 2 aromatic rings. The normalized spacial score (nSPS) is 10.4. The quantitative estimate of drug-likeness (QED) is 0.786. The molecule has 0 spiro atoms. The monoisotopic (exact) mass is 238 g/mol. The zero-order chi connectivity index (χ0) is 13.1. The van der Waals surface area contributed by atoms with Gasteiger partial charge in [-0.25, -0.2) is 0 Å². The predicted molar refractivity (Wildman–Crippen MR) is 75.7 cm³/mol. The molecular formula is C17H18O. The molecule has 0 aliphatic carbocycles.